The molecule has 0 saturated heterocycles. The van der Waals surface area contributed by atoms with Gasteiger partial charge in [0, 0.05) is 33.1 Å². The summed E-state index contributed by atoms with van der Waals surface area (Å²) in [6.45, 7) is 29.8. The molecular formula is C30H50B2N4Ti. The Kier molecular flexibility index (Phi) is 16.9. The van der Waals surface area contributed by atoms with Gasteiger partial charge in [-0.2, -0.15) is 0 Å². The minimum atomic E-state index is 0. The van der Waals surface area contributed by atoms with E-state index in [1.54, 1.807) is 0 Å². The molecule has 0 aliphatic heterocycles. The van der Waals surface area contributed by atoms with E-state index in [2.05, 4.69) is 149 Å². The number of allylic oxidation sites excluding steroid dienone is 2. The third-order valence-corrected chi connectivity index (χ3v) is 6.21. The molecule has 0 unspecified atom stereocenters. The van der Waals surface area contributed by atoms with Crippen molar-refractivity contribution in [1.29, 1.82) is 0 Å². The molecule has 0 aliphatic rings. The van der Waals surface area contributed by atoms with Crippen LogP contribution in [0.4, 0.5) is 11.4 Å². The maximum Gasteiger partial charge on any atom is 0.369 e. The first-order chi connectivity index (χ1) is 16.9. The van der Waals surface area contributed by atoms with Crippen molar-refractivity contribution in [3.63, 3.8) is 0 Å². The van der Waals surface area contributed by atoms with E-state index in [9.17, 15) is 0 Å². The Balaban J connectivity index is 0.00000165. The second-order valence-electron chi connectivity index (χ2n) is 10.7. The quantitative estimate of drug-likeness (QED) is 0.216. The summed E-state index contributed by atoms with van der Waals surface area (Å²) in [4.78, 5) is 5.24. The van der Waals surface area contributed by atoms with E-state index in [-0.39, 0.29) is 35.5 Å². The molecule has 7 heteroatoms. The molecule has 2 N–H and O–H groups in total. The molecule has 0 aromatic heterocycles. The fourth-order valence-electron chi connectivity index (χ4n) is 4.53. The van der Waals surface area contributed by atoms with Crippen molar-refractivity contribution >= 4 is 25.1 Å². The SMILES string of the molecule is C=C(C)C(=C)C.CC(C)N(B(B(Nc1ccccc1)Nc1ccccc1)N(C(C)C)C(C)C)C(C)C.[Ti]. The number of nitrogens with one attached hydrogen (secondary N) is 2. The Morgan fingerprint density at radius 3 is 1.08 bits per heavy atom. The molecule has 200 valence electrons. The van der Waals surface area contributed by atoms with Crippen LogP contribution in [-0.4, -0.2) is 47.5 Å². The molecular weight excluding hydrogens is 486 g/mol. The zero-order valence-electron chi connectivity index (χ0n) is 25.0. The molecule has 0 radical (unpaired) electrons. The smallest absolute Gasteiger partial charge is 0.369 e. The van der Waals surface area contributed by atoms with E-state index in [0.29, 0.717) is 24.2 Å². The van der Waals surface area contributed by atoms with Crippen LogP contribution in [0, 0.1) is 0 Å². The van der Waals surface area contributed by atoms with Gasteiger partial charge in [-0.15, -0.1) is 0 Å². The van der Waals surface area contributed by atoms with Gasteiger partial charge in [-0.3, -0.25) is 0 Å². The molecule has 0 atom stereocenters. The zero-order valence-corrected chi connectivity index (χ0v) is 26.6. The van der Waals surface area contributed by atoms with Gasteiger partial charge in [-0.25, -0.2) is 0 Å². The summed E-state index contributed by atoms with van der Waals surface area (Å²) in [5.41, 5.74) is 4.37. The van der Waals surface area contributed by atoms with E-state index in [0.717, 1.165) is 22.5 Å². The molecule has 37 heavy (non-hydrogen) atoms. The summed E-state index contributed by atoms with van der Waals surface area (Å²) >= 11 is 0. The van der Waals surface area contributed by atoms with Crippen molar-refractivity contribution in [3.8, 4) is 0 Å². The largest absolute Gasteiger partial charge is 0.413 e. The Bertz CT molecular complexity index is 815. The van der Waals surface area contributed by atoms with Crippen LogP contribution in [0.2, 0.25) is 0 Å². The number of anilines is 2. The second-order valence-corrected chi connectivity index (χ2v) is 10.7. The normalized spacial score (nSPS) is 10.8. The Morgan fingerprint density at radius 1 is 0.595 bits per heavy atom. The van der Waals surface area contributed by atoms with Gasteiger partial charge in [0.25, 0.3) is 0 Å². The fraction of sp³-hybridized carbons (Fsp3) is 0.467. The predicted molar refractivity (Wildman–Crippen MR) is 165 cm³/mol. The molecule has 2 aromatic carbocycles. The number of hydrogen-bond acceptors (Lipinski definition) is 4. The molecule has 2 rings (SSSR count). The van der Waals surface area contributed by atoms with E-state index in [1.807, 2.05) is 13.8 Å². The first-order valence-corrected chi connectivity index (χ1v) is 13.4. The van der Waals surface area contributed by atoms with Gasteiger partial charge >= 0.3 is 13.7 Å². The zero-order chi connectivity index (χ0) is 27.4. The van der Waals surface area contributed by atoms with Gasteiger partial charge in [0.15, 0.2) is 0 Å². The average molecular weight is 536 g/mol. The van der Waals surface area contributed by atoms with Crippen molar-refractivity contribution < 1.29 is 21.7 Å². The number of rotatable bonds is 12. The van der Waals surface area contributed by atoms with Gasteiger partial charge in [-0.05, 0) is 62.3 Å². The van der Waals surface area contributed by atoms with Gasteiger partial charge in [0.1, 0.15) is 0 Å². The molecule has 0 bridgehead atoms. The molecule has 0 aliphatic carbocycles. The van der Waals surface area contributed by atoms with Gasteiger partial charge in [0.05, 0.1) is 0 Å². The molecule has 2 aromatic rings. The van der Waals surface area contributed by atoms with Gasteiger partial charge in [-0.1, -0.05) is 116 Å². The molecule has 4 nitrogen and oxygen atoms in total. The molecule has 0 saturated carbocycles. The van der Waals surface area contributed by atoms with E-state index in [4.69, 9.17) is 0 Å². The molecule has 0 spiro atoms. The Morgan fingerprint density at radius 2 is 0.865 bits per heavy atom. The average Bonchev–Trinajstić information content (AvgIpc) is 2.79. The number of para-hydroxylation sites is 2. The third-order valence-electron chi connectivity index (χ3n) is 6.21. The maximum atomic E-state index is 3.81. The Hall–Kier alpha value is -1.72. The van der Waals surface area contributed by atoms with E-state index >= 15 is 0 Å². The number of nitrogens with zero attached hydrogens (tertiary/aromatic N) is 2. The van der Waals surface area contributed by atoms with Crippen LogP contribution < -0.4 is 10.5 Å². The minimum Gasteiger partial charge on any atom is -0.413 e. The summed E-state index contributed by atoms with van der Waals surface area (Å²) in [6, 6.07) is 22.7. The maximum absolute atomic E-state index is 3.81. The number of benzene rings is 2. The van der Waals surface area contributed by atoms with Crippen molar-refractivity contribution in [2.24, 2.45) is 0 Å². The standard InChI is InChI=1S/C24H40B2N4.C6H10.Ti/c1-19(2)29(20(3)4)26(30(21(5)6)22(7)8)25(27-23-15-11-9-12-16-23)28-24-17-13-10-14-18-24;1-5(2)6(3)4;/h9-22,27-28H,1-8H3;1,3H2,2,4H3;. The first kappa shape index (κ1) is 35.3. The van der Waals surface area contributed by atoms with Crippen LogP contribution in [0.15, 0.2) is 85.0 Å². The van der Waals surface area contributed by atoms with E-state index in [1.165, 1.54) is 0 Å². The van der Waals surface area contributed by atoms with Crippen LogP contribution in [-0.2, 0) is 21.7 Å². The van der Waals surface area contributed by atoms with Gasteiger partial charge < -0.3 is 20.1 Å². The summed E-state index contributed by atoms with van der Waals surface area (Å²) in [5, 5.41) is 7.63. The topological polar surface area (TPSA) is 30.5 Å². The van der Waals surface area contributed by atoms with Crippen LogP contribution in [0.25, 0.3) is 0 Å². The first-order valence-electron chi connectivity index (χ1n) is 13.4. The van der Waals surface area contributed by atoms with Crippen molar-refractivity contribution in [2.75, 3.05) is 10.5 Å². The summed E-state index contributed by atoms with van der Waals surface area (Å²) < 4.78 is 0. The molecule has 0 heterocycles. The van der Waals surface area contributed by atoms with E-state index < -0.39 is 0 Å². The second kappa shape index (κ2) is 17.7. The van der Waals surface area contributed by atoms with Crippen LogP contribution in [0.1, 0.15) is 69.2 Å². The summed E-state index contributed by atoms with van der Waals surface area (Å²) in [5.74, 6) is 0. The van der Waals surface area contributed by atoms with Crippen LogP contribution in [0.3, 0.4) is 0 Å². The van der Waals surface area contributed by atoms with Crippen molar-refractivity contribution in [1.82, 2.24) is 9.62 Å². The van der Waals surface area contributed by atoms with Crippen molar-refractivity contribution in [2.45, 2.75) is 93.4 Å². The van der Waals surface area contributed by atoms with Crippen LogP contribution in [0.5, 0.6) is 0 Å². The monoisotopic (exact) mass is 536 g/mol. The van der Waals surface area contributed by atoms with Gasteiger partial charge in [0.2, 0.25) is 0 Å². The predicted octanol–water partition coefficient (Wildman–Crippen LogP) is 7.64. The third kappa shape index (κ3) is 12.1. The molecule has 0 fully saturated rings. The Labute approximate surface area is 244 Å². The van der Waals surface area contributed by atoms with Crippen LogP contribution >= 0.6 is 0 Å². The summed E-state index contributed by atoms with van der Waals surface area (Å²) in [6.07, 6.45) is 0. The number of hydrogen-bond donors (Lipinski definition) is 2. The molecule has 0 amide bonds. The summed E-state index contributed by atoms with van der Waals surface area (Å²) in [7, 11) is 0. The fourth-order valence-corrected chi connectivity index (χ4v) is 4.53. The van der Waals surface area contributed by atoms with Crippen molar-refractivity contribution in [3.05, 3.63) is 85.0 Å². The minimum absolute atomic E-state index is 0.